The third-order valence-electron chi connectivity index (χ3n) is 8.00. The van der Waals surface area contributed by atoms with E-state index in [9.17, 15) is 19.2 Å². The maximum atomic E-state index is 13.6. The normalized spacial score (nSPS) is 13.4. The number of thiophene rings is 1. The lowest BCUT2D eigenvalue weighted by Gasteiger charge is -2.16. The Morgan fingerprint density at radius 1 is 0.917 bits per heavy atom. The molecule has 1 unspecified atom stereocenters. The van der Waals surface area contributed by atoms with Crippen molar-refractivity contribution in [2.45, 2.75) is 62.5 Å². The van der Waals surface area contributed by atoms with Crippen LogP contribution in [-0.4, -0.2) is 36.1 Å². The van der Waals surface area contributed by atoms with Crippen molar-refractivity contribution in [1.82, 2.24) is 5.32 Å². The number of benzene rings is 3. The first-order chi connectivity index (χ1) is 23.2. The molecule has 3 amide bonds. The average Bonchev–Trinajstić information content (AvgIpc) is 3.27. The standard InChI is InChI=1S/C38H39N3O5S2/c1-4-31(36(44)41-37-33(38(45)46-3)29-16-9-6-10-17-32(29)48-37)47-28-15-11-14-27(23-28)39-35(43)30(22-25-20-18-24(2)19-21-25)40-34(42)26-12-7-5-8-13-26/h5,7-8,11-15,18-23,31H,4,6,9-10,16-17H2,1-3H3,(H,39,43)(H,40,42)(H,41,44)/b30-22+. The van der Waals surface area contributed by atoms with Crippen LogP contribution in [0.15, 0.2) is 89.5 Å². The predicted octanol–water partition coefficient (Wildman–Crippen LogP) is 8.03. The lowest BCUT2D eigenvalue weighted by molar-refractivity contribution is -0.116. The summed E-state index contributed by atoms with van der Waals surface area (Å²) in [6, 6.07) is 23.6. The molecule has 3 aromatic carbocycles. The molecule has 1 aliphatic carbocycles. The van der Waals surface area contributed by atoms with E-state index < -0.39 is 23.0 Å². The van der Waals surface area contributed by atoms with Crippen LogP contribution < -0.4 is 16.0 Å². The number of ether oxygens (including phenoxy) is 1. The number of esters is 1. The molecule has 0 saturated carbocycles. The van der Waals surface area contributed by atoms with Crippen LogP contribution in [0.5, 0.6) is 0 Å². The van der Waals surface area contributed by atoms with E-state index in [1.54, 1.807) is 48.5 Å². The third kappa shape index (κ3) is 8.81. The number of carbonyl (C=O) groups is 4. The second-order valence-corrected chi connectivity index (χ2v) is 13.9. The number of hydrogen-bond donors (Lipinski definition) is 3. The lowest BCUT2D eigenvalue weighted by Crippen LogP contribution is -2.30. The Labute approximate surface area is 289 Å². The van der Waals surface area contributed by atoms with Gasteiger partial charge in [-0.3, -0.25) is 14.4 Å². The second-order valence-electron chi connectivity index (χ2n) is 11.5. The van der Waals surface area contributed by atoms with Crippen LogP contribution in [0.4, 0.5) is 10.7 Å². The SMILES string of the molecule is CCC(Sc1cccc(NC(=O)/C(=C\c2ccc(C)cc2)NC(=O)c2ccccc2)c1)C(=O)Nc1sc2c(c1C(=O)OC)CCCCC2. The molecule has 0 aliphatic heterocycles. The largest absolute Gasteiger partial charge is 0.465 e. The number of nitrogens with one attached hydrogen (secondary N) is 3. The maximum absolute atomic E-state index is 13.6. The molecule has 4 aromatic rings. The van der Waals surface area contributed by atoms with Crippen molar-refractivity contribution >= 4 is 63.6 Å². The maximum Gasteiger partial charge on any atom is 0.341 e. The Balaban J connectivity index is 1.31. The minimum absolute atomic E-state index is 0.0901. The van der Waals surface area contributed by atoms with Gasteiger partial charge < -0.3 is 20.7 Å². The van der Waals surface area contributed by atoms with E-state index >= 15 is 0 Å². The van der Waals surface area contributed by atoms with Crippen LogP contribution in [0, 0.1) is 6.92 Å². The van der Waals surface area contributed by atoms with Crippen molar-refractivity contribution < 1.29 is 23.9 Å². The molecule has 8 nitrogen and oxygen atoms in total. The van der Waals surface area contributed by atoms with Gasteiger partial charge in [-0.2, -0.15) is 0 Å². The number of thioether (sulfide) groups is 1. The molecule has 10 heteroatoms. The number of methoxy groups -OCH3 is 1. The van der Waals surface area contributed by atoms with Gasteiger partial charge in [0.15, 0.2) is 0 Å². The second kappa shape index (κ2) is 16.4. The number of hydrogen-bond acceptors (Lipinski definition) is 7. The summed E-state index contributed by atoms with van der Waals surface area (Å²) in [5.41, 5.74) is 4.35. The van der Waals surface area contributed by atoms with Crippen molar-refractivity contribution in [3.05, 3.63) is 117 Å². The average molecular weight is 682 g/mol. The number of amides is 3. The van der Waals surface area contributed by atoms with E-state index in [1.807, 2.05) is 50.2 Å². The van der Waals surface area contributed by atoms with E-state index in [1.165, 1.54) is 30.2 Å². The van der Waals surface area contributed by atoms with E-state index in [-0.39, 0.29) is 11.6 Å². The molecule has 248 valence electrons. The summed E-state index contributed by atoms with van der Waals surface area (Å²) >= 11 is 2.85. The number of carbonyl (C=O) groups excluding carboxylic acids is 4. The number of anilines is 2. The molecule has 3 N–H and O–H groups in total. The molecule has 1 atom stereocenters. The summed E-state index contributed by atoms with van der Waals surface area (Å²) in [6.07, 6.45) is 7.05. The van der Waals surface area contributed by atoms with Crippen molar-refractivity contribution in [2.75, 3.05) is 17.7 Å². The van der Waals surface area contributed by atoms with Gasteiger partial charge >= 0.3 is 5.97 Å². The van der Waals surface area contributed by atoms with Crippen LogP contribution in [0.2, 0.25) is 0 Å². The Morgan fingerprint density at radius 3 is 2.40 bits per heavy atom. The molecule has 1 aromatic heterocycles. The number of aryl methyl sites for hydroxylation is 2. The molecule has 0 fully saturated rings. The van der Waals surface area contributed by atoms with Gasteiger partial charge in [0.1, 0.15) is 10.7 Å². The minimum atomic E-state index is -0.486. The van der Waals surface area contributed by atoms with Gasteiger partial charge in [-0.1, -0.05) is 67.4 Å². The van der Waals surface area contributed by atoms with E-state index in [0.29, 0.717) is 28.2 Å². The highest BCUT2D eigenvalue weighted by Crippen LogP contribution is 2.39. The Kier molecular flexibility index (Phi) is 11.9. The minimum Gasteiger partial charge on any atom is -0.465 e. The first-order valence-electron chi connectivity index (χ1n) is 16.0. The smallest absolute Gasteiger partial charge is 0.341 e. The first kappa shape index (κ1) is 34.7. The fraction of sp³-hybridized carbons (Fsp3) is 0.263. The molecule has 0 bridgehead atoms. The molecule has 1 heterocycles. The lowest BCUT2D eigenvalue weighted by atomic mass is 10.1. The highest BCUT2D eigenvalue weighted by atomic mass is 32.2. The summed E-state index contributed by atoms with van der Waals surface area (Å²) in [6.45, 7) is 3.91. The van der Waals surface area contributed by atoms with Crippen molar-refractivity contribution in [3.8, 4) is 0 Å². The molecule has 5 rings (SSSR count). The van der Waals surface area contributed by atoms with Gasteiger partial charge in [-0.15, -0.1) is 23.1 Å². The highest BCUT2D eigenvalue weighted by molar-refractivity contribution is 8.00. The summed E-state index contributed by atoms with van der Waals surface area (Å²) in [5.74, 6) is -1.52. The Hall–Kier alpha value is -4.67. The molecule has 1 aliphatic rings. The fourth-order valence-corrected chi connectivity index (χ4v) is 7.74. The molecular formula is C38H39N3O5S2. The molecular weight excluding hydrogens is 643 g/mol. The topological polar surface area (TPSA) is 114 Å². The van der Waals surface area contributed by atoms with Crippen molar-refractivity contribution in [2.24, 2.45) is 0 Å². The van der Waals surface area contributed by atoms with Crippen molar-refractivity contribution in [1.29, 1.82) is 0 Å². The zero-order valence-electron chi connectivity index (χ0n) is 27.3. The van der Waals surface area contributed by atoms with E-state index in [4.69, 9.17) is 4.74 Å². The summed E-state index contributed by atoms with van der Waals surface area (Å²) in [4.78, 5) is 54.8. The Morgan fingerprint density at radius 2 is 1.67 bits per heavy atom. The van der Waals surface area contributed by atoms with Crippen molar-refractivity contribution in [3.63, 3.8) is 0 Å². The van der Waals surface area contributed by atoms with Crippen LogP contribution in [-0.2, 0) is 27.2 Å². The predicted molar refractivity (Wildman–Crippen MR) is 194 cm³/mol. The van der Waals surface area contributed by atoms with Crippen LogP contribution in [0.25, 0.3) is 6.08 Å². The van der Waals surface area contributed by atoms with Gasteiger partial charge in [0.25, 0.3) is 11.8 Å². The van der Waals surface area contributed by atoms with Crippen LogP contribution in [0.3, 0.4) is 0 Å². The monoisotopic (exact) mass is 681 g/mol. The van der Waals surface area contributed by atoms with E-state index in [2.05, 4.69) is 16.0 Å². The van der Waals surface area contributed by atoms with Gasteiger partial charge in [0, 0.05) is 21.0 Å². The fourth-order valence-electron chi connectivity index (χ4n) is 5.44. The molecule has 0 radical (unpaired) electrons. The number of rotatable bonds is 11. The van der Waals surface area contributed by atoms with Gasteiger partial charge in [-0.05, 0) is 86.6 Å². The van der Waals surface area contributed by atoms with Gasteiger partial charge in [-0.25, -0.2) is 4.79 Å². The zero-order chi connectivity index (χ0) is 34.0. The van der Waals surface area contributed by atoms with E-state index in [0.717, 1.165) is 58.6 Å². The van der Waals surface area contributed by atoms with Gasteiger partial charge in [0.2, 0.25) is 5.91 Å². The first-order valence-corrected chi connectivity index (χ1v) is 17.7. The summed E-state index contributed by atoms with van der Waals surface area (Å²) in [5, 5.41) is 8.80. The summed E-state index contributed by atoms with van der Waals surface area (Å²) < 4.78 is 5.10. The molecule has 0 saturated heterocycles. The van der Waals surface area contributed by atoms with Gasteiger partial charge in [0.05, 0.1) is 17.9 Å². The Bertz CT molecular complexity index is 1820. The highest BCUT2D eigenvalue weighted by Gasteiger charge is 2.28. The quantitative estimate of drug-likeness (QED) is 0.0640. The summed E-state index contributed by atoms with van der Waals surface area (Å²) in [7, 11) is 1.36. The van der Waals surface area contributed by atoms with Crippen LogP contribution >= 0.6 is 23.1 Å². The molecule has 0 spiro atoms. The number of fused-ring (bicyclic) bond motifs is 1. The molecule has 48 heavy (non-hydrogen) atoms. The van der Waals surface area contributed by atoms with Crippen LogP contribution in [0.1, 0.15) is 74.9 Å². The zero-order valence-corrected chi connectivity index (χ0v) is 28.9. The third-order valence-corrected chi connectivity index (χ3v) is 10.6.